The van der Waals surface area contributed by atoms with Crippen molar-refractivity contribution in [2.45, 2.75) is 6.04 Å². The van der Waals surface area contributed by atoms with Gasteiger partial charge in [-0.1, -0.05) is 36.4 Å². The molecule has 138 valence electrons. The number of nitrogens with zero attached hydrogens (tertiary/aromatic N) is 1. The average molecular weight is 354 g/mol. The molecule has 6 heteroatoms. The van der Waals surface area contributed by atoms with Gasteiger partial charge in [0.25, 0.3) is 5.91 Å². The van der Waals surface area contributed by atoms with Gasteiger partial charge in [0.15, 0.2) is 0 Å². The van der Waals surface area contributed by atoms with Gasteiger partial charge in [0, 0.05) is 45.8 Å². The Morgan fingerprint density at radius 1 is 1.23 bits per heavy atom. The predicted octanol–water partition coefficient (Wildman–Crippen LogP) is 1.81. The van der Waals surface area contributed by atoms with E-state index in [1.807, 2.05) is 12.1 Å². The highest BCUT2D eigenvalue weighted by Gasteiger charge is 2.20. The Hall–Kier alpha value is -2.57. The Labute approximate surface area is 154 Å². The van der Waals surface area contributed by atoms with Crippen LogP contribution in [0.4, 0.5) is 5.69 Å². The lowest BCUT2D eigenvalue weighted by Gasteiger charge is -2.34. The lowest BCUT2D eigenvalue weighted by atomic mass is 10.0. The quantitative estimate of drug-likeness (QED) is 0.637. The molecule has 1 aliphatic heterocycles. The van der Waals surface area contributed by atoms with Crippen molar-refractivity contribution in [2.75, 3.05) is 45.1 Å². The number of carbonyl (C=O) groups excluding carboxylic acids is 1. The summed E-state index contributed by atoms with van der Waals surface area (Å²) in [5.41, 5.74) is 2.25. The molecular formula is C20H26N4O2. The van der Waals surface area contributed by atoms with E-state index in [0.717, 1.165) is 26.2 Å². The molecule has 4 N–H and O–H groups in total. The Morgan fingerprint density at radius 2 is 2.04 bits per heavy atom. The second-order valence-corrected chi connectivity index (χ2v) is 6.42. The molecule has 2 aromatic carbocycles. The number of phenolic OH excluding ortho intramolecular Hbond substituents is 1. The summed E-state index contributed by atoms with van der Waals surface area (Å²) in [5, 5.41) is 19.4. The molecule has 1 fully saturated rings. The fourth-order valence-electron chi connectivity index (χ4n) is 3.32. The van der Waals surface area contributed by atoms with E-state index in [1.165, 1.54) is 11.6 Å². The van der Waals surface area contributed by atoms with E-state index in [1.54, 1.807) is 13.1 Å². The van der Waals surface area contributed by atoms with Gasteiger partial charge in [-0.15, -0.1) is 0 Å². The van der Waals surface area contributed by atoms with Gasteiger partial charge in [-0.25, -0.2) is 0 Å². The summed E-state index contributed by atoms with van der Waals surface area (Å²) >= 11 is 0. The van der Waals surface area contributed by atoms with E-state index in [0.29, 0.717) is 18.3 Å². The summed E-state index contributed by atoms with van der Waals surface area (Å²) in [6.45, 7) is 4.47. The molecule has 1 atom stereocenters. The van der Waals surface area contributed by atoms with Crippen molar-refractivity contribution >= 4 is 11.6 Å². The predicted molar refractivity (Wildman–Crippen MR) is 104 cm³/mol. The number of amides is 1. The molecule has 0 bridgehead atoms. The largest absolute Gasteiger partial charge is 0.507 e. The minimum atomic E-state index is -0.295. The highest BCUT2D eigenvalue weighted by molar-refractivity contribution is 6.02. The first kappa shape index (κ1) is 18.2. The van der Waals surface area contributed by atoms with Crippen molar-refractivity contribution < 1.29 is 9.90 Å². The third-order valence-electron chi connectivity index (χ3n) is 4.70. The van der Waals surface area contributed by atoms with E-state index >= 15 is 0 Å². The smallest absolute Gasteiger partial charge is 0.256 e. The number of rotatable bonds is 6. The van der Waals surface area contributed by atoms with Crippen LogP contribution in [0.2, 0.25) is 0 Å². The van der Waals surface area contributed by atoms with Crippen LogP contribution in [0.25, 0.3) is 0 Å². The molecule has 2 aromatic rings. The molecule has 1 saturated heterocycles. The van der Waals surface area contributed by atoms with Gasteiger partial charge in [0.2, 0.25) is 0 Å². The van der Waals surface area contributed by atoms with Crippen LogP contribution in [-0.4, -0.2) is 55.7 Å². The first-order valence-corrected chi connectivity index (χ1v) is 8.97. The van der Waals surface area contributed by atoms with Crippen LogP contribution >= 0.6 is 0 Å². The Morgan fingerprint density at radius 3 is 2.81 bits per heavy atom. The number of anilines is 1. The van der Waals surface area contributed by atoms with Crippen LogP contribution in [-0.2, 0) is 0 Å². The molecule has 0 radical (unpaired) electrons. The van der Waals surface area contributed by atoms with Gasteiger partial charge in [-0.05, 0) is 17.7 Å². The second kappa shape index (κ2) is 8.69. The number of piperazine rings is 1. The summed E-state index contributed by atoms with van der Waals surface area (Å²) < 4.78 is 0. The van der Waals surface area contributed by atoms with Gasteiger partial charge in [-0.3, -0.25) is 9.69 Å². The Kier molecular flexibility index (Phi) is 6.09. The minimum Gasteiger partial charge on any atom is -0.507 e. The molecule has 6 nitrogen and oxygen atoms in total. The minimum absolute atomic E-state index is 0.0133. The summed E-state index contributed by atoms with van der Waals surface area (Å²) in [7, 11) is 1.56. The van der Waals surface area contributed by atoms with Crippen molar-refractivity contribution in [1.82, 2.24) is 15.5 Å². The van der Waals surface area contributed by atoms with Crippen LogP contribution in [0.15, 0.2) is 48.5 Å². The van der Waals surface area contributed by atoms with E-state index in [2.05, 4.69) is 45.1 Å². The molecular weight excluding hydrogens is 328 g/mol. The van der Waals surface area contributed by atoms with Crippen molar-refractivity contribution in [1.29, 1.82) is 0 Å². The maximum Gasteiger partial charge on any atom is 0.256 e. The third-order valence-corrected chi connectivity index (χ3v) is 4.70. The molecule has 1 amide bonds. The van der Waals surface area contributed by atoms with E-state index in [4.69, 9.17) is 0 Å². The maximum atomic E-state index is 12.0. The zero-order valence-electron chi connectivity index (χ0n) is 15.0. The lowest BCUT2D eigenvalue weighted by Crippen LogP contribution is -2.47. The van der Waals surface area contributed by atoms with Crippen molar-refractivity contribution in [3.05, 3.63) is 59.7 Å². The van der Waals surface area contributed by atoms with Crippen LogP contribution in [0.5, 0.6) is 5.75 Å². The van der Waals surface area contributed by atoms with E-state index < -0.39 is 0 Å². The number of nitrogens with one attached hydrogen (secondary N) is 3. The second-order valence-electron chi connectivity index (χ2n) is 6.42. The molecule has 0 aliphatic carbocycles. The topological polar surface area (TPSA) is 76.6 Å². The first-order valence-electron chi connectivity index (χ1n) is 8.97. The molecule has 1 unspecified atom stereocenters. The number of aromatic hydroxyl groups is 1. The van der Waals surface area contributed by atoms with Crippen molar-refractivity contribution in [3.8, 4) is 5.75 Å². The standard InChI is InChI=1S/C20H26N4O2/c1-21-20(26)19-16(8-5-9-18(19)25)22-10-12-24-13-11-23-17(14-24)15-6-3-2-4-7-15/h2-9,17,22-23,25H,10-14H2,1H3,(H,21,26). The highest BCUT2D eigenvalue weighted by Crippen LogP contribution is 2.25. The number of hydrogen-bond donors (Lipinski definition) is 4. The van der Waals surface area contributed by atoms with Crippen molar-refractivity contribution in [2.24, 2.45) is 0 Å². The van der Waals surface area contributed by atoms with E-state index in [9.17, 15) is 9.90 Å². The number of phenols is 1. The highest BCUT2D eigenvalue weighted by atomic mass is 16.3. The zero-order valence-corrected chi connectivity index (χ0v) is 15.0. The summed E-state index contributed by atoms with van der Waals surface area (Å²) in [4.78, 5) is 14.4. The van der Waals surface area contributed by atoms with Gasteiger partial charge < -0.3 is 21.1 Å². The molecule has 26 heavy (non-hydrogen) atoms. The monoisotopic (exact) mass is 354 g/mol. The van der Waals surface area contributed by atoms with Crippen LogP contribution in [0.1, 0.15) is 22.0 Å². The fraction of sp³-hybridized carbons (Fsp3) is 0.350. The van der Waals surface area contributed by atoms with Crippen molar-refractivity contribution in [3.63, 3.8) is 0 Å². The Bertz CT molecular complexity index is 736. The third kappa shape index (κ3) is 4.33. The number of benzene rings is 2. The van der Waals surface area contributed by atoms with Crippen LogP contribution < -0.4 is 16.0 Å². The molecule has 0 spiro atoms. The average Bonchev–Trinajstić information content (AvgIpc) is 2.68. The lowest BCUT2D eigenvalue weighted by molar-refractivity contribution is 0.0961. The number of carbonyl (C=O) groups is 1. The van der Waals surface area contributed by atoms with E-state index in [-0.39, 0.29) is 17.2 Å². The summed E-state index contributed by atoms with van der Waals surface area (Å²) in [6.07, 6.45) is 0. The first-order chi connectivity index (χ1) is 12.7. The SMILES string of the molecule is CNC(=O)c1c(O)cccc1NCCN1CCNC(c2ccccc2)C1. The van der Waals surface area contributed by atoms with Crippen LogP contribution in [0.3, 0.4) is 0 Å². The van der Waals surface area contributed by atoms with Gasteiger partial charge in [-0.2, -0.15) is 0 Å². The molecule has 1 aliphatic rings. The van der Waals surface area contributed by atoms with Gasteiger partial charge in [0.1, 0.15) is 11.3 Å². The summed E-state index contributed by atoms with van der Waals surface area (Å²) in [6, 6.07) is 15.9. The summed E-state index contributed by atoms with van der Waals surface area (Å²) in [5.74, 6) is -0.308. The van der Waals surface area contributed by atoms with Gasteiger partial charge >= 0.3 is 0 Å². The normalized spacial score (nSPS) is 17.7. The maximum absolute atomic E-state index is 12.0. The molecule has 3 rings (SSSR count). The zero-order chi connectivity index (χ0) is 18.4. The molecule has 1 heterocycles. The van der Waals surface area contributed by atoms with Crippen LogP contribution in [0, 0.1) is 0 Å². The molecule has 0 saturated carbocycles. The fourth-order valence-corrected chi connectivity index (χ4v) is 3.32. The Balaban J connectivity index is 1.57. The number of hydrogen-bond acceptors (Lipinski definition) is 5. The van der Waals surface area contributed by atoms with Gasteiger partial charge in [0.05, 0.1) is 5.69 Å². The molecule has 0 aromatic heterocycles.